The van der Waals surface area contributed by atoms with Crippen LogP contribution in [0.4, 0.5) is 4.79 Å². The second-order valence-electron chi connectivity index (χ2n) is 14.2. The van der Waals surface area contributed by atoms with Crippen molar-refractivity contribution in [1.82, 2.24) is 4.90 Å². The third-order valence-corrected chi connectivity index (χ3v) is 10.5. The number of Topliss-reactive ketones (excluding diaryl/α,β-unsaturated/α-hetero) is 2. The number of aliphatic hydroxyl groups excluding tert-OH is 1. The zero-order valence-corrected chi connectivity index (χ0v) is 29.8. The lowest BCUT2D eigenvalue weighted by molar-refractivity contribution is -0.288. The molecule has 272 valence electrons. The molecule has 0 aromatic rings. The molecular formula is C33H55N5O10. The standard InChI is InChI=1S/C33H55N5O10/c1-10-23-33(8)27(38(31(43)48-33)14-12-11-13-36-37-35)19(4)24(39)17(2)16-32(7,44-9)28(20(5)25(40)21(6)29(42)46-23)47-30-26(41)22(34)15-18(3)45-30/h17-23,26-28,30,41H,10-16,34H2,1-9H3/t17-,18?,19+,20+,21-,22?,23-,26?,27-,28-,30+,32-,33-/m1/s1. The molecule has 0 aromatic heterocycles. The third-order valence-electron chi connectivity index (χ3n) is 10.5. The number of aliphatic hydroxyl groups is 1. The third kappa shape index (κ3) is 8.14. The van der Waals surface area contributed by atoms with Crippen LogP contribution < -0.4 is 5.73 Å². The Labute approximate surface area is 283 Å². The van der Waals surface area contributed by atoms with Gasteiger partial charge in [0.1, 0.15) is 23.9 Å². The second-order valence-corrected chi connectivity index (χ2v) is 14.2. The average molecular weight is 682 g/mol. The number of esters is 1. The lowest BCUT2D eigenvalue weighted by atomic mass is 9.73. The number of ether oxygens (including phenoxy) is 5. The fourth-order valence-corrected chi connectivity index (χ4v) is 7.77. The summed E-state index contributed by atoms with van der Waals surface area (Å²) >= 11 is 0. The van der Waals surface area contributed by atoms with Crippen LogP contribution in [0.15, 0.2) is 5.11 Å². The Morgan fingerprint density at radius 2 is 1.75 bits per heavy atom. The summed E-state index contributed by atoms with van der Waals surface area (Å²) < 4.78 is 30.3. The van der Waals surface area contributed by atoms with Crippen LogP contribution >= 0.6 is 0 Å². The molecule has 3 aliphatic rings. The SMILES string of the molecule is CC[C@H]1OC(=O)[C@H](C)C(=O)[C@H](C)[C@@H](O[C@@H]2OC(C)CC(N)C2O)[C@](C)(OC)C[C@@H](C)C(=O)[C@H](C)[C@H]2N(CCCCN=[N+]=[N-])C(=O)O[C@]12C. The molecular weight excluding hydrogens is 626 g/mol. The molecule has 15 nitrogen and oxygen atoms in total. The lowest BCUT2D eigenvalue weighted by Gasteiger charge is -2.46. The van der Waals surface area contributed by atoms with Gasteiger partial charge in [-0.2, -0.15) is 0 Å². The first-order chi connectivity index (χ1) is 22.5. The zero-order valence-electron chi connectivity index (χ0n) is 29.8. The van der Waals surface area contributed by atoms with Crippen LogP contribution in [0.25, 0.3) is 10.4 Å². The summed E-state index contributed by atoms with van der Waals surface area (Å²) in [5.74, 6) is -5.15. The van der Waals surface area contributed by atoms with Crippen LogP contribution in [0.2, 0.25) is 0 Å². The molecule has 3 fully saturated rings. The van der Waals surface area contributed by atoms with Crippen molar-refractivity contribution in [3.63, 3.8) is 0 Å². The summed E-state index contributed by atoms with van der Waals surface area (Å²) in [6.07, 6.45) is -3.68. The Bertz CT molecular complexity index is 1230. The van der Waals surface area contributed by atoms with Gasteiger partial charge in [-0.3, -0.25) is 14.4 Å². The maximum absolute atomic E-state index is 14.4. The molecule has 15 heteroatoms. The van der Waals surface area contributed by atoms with Crippen LogP contribution in [0.3, 0.4) is 0 Å². The van der Waals surface area contributed by atoms with Gasteiger partial charge in [0, 0.05) is 48.9 Å². The van der Waals surface area contributed by atoms with Crippen molar-refractivity contribution in [1.29, 1.82) is 0 Å². The second kappa shape index (κ2) is 16.3. The minimum absolute atomic E-state index is 0.0970. The van der Waals surface area contributed by atoms with E-state index < -0.39 is 89.4 Å². The number of azide groups is 1. The summed E-state index contributed by atoms with van der Waals surface area (Å²) in [6, 6.07) is -1.45. The molecule has 3 rings (SSSR count). The lowest BCUT2D eigenvalue weighted by Crippen LogP contribution is -2.60. The predicted molar refractivity (Wildman–Crippen MR) is 173 cm³/mol. The summed E-state index contributed by atoms with van der Waals surface area (Å²) in [4.78, 5) is 59.8. The van der Waals surface area contributed by atoms with Crippen molar-refractivity contribution in [2.75, 3.05) is 20.2 Å². The van der Waals surface area contributed by atoms with Gasteiger partial charge < -0.3 is 39.4 Å². The first kappa shape index (κ1) is 39.6. The van der Waals surface area contributed by atoms with E-state index >= 15 is 0 Å². The fourth-order valence-electron chi connectivity index (χ4n) is 7.77. The van der Waals surface area contributed by atoms with Gasteiger partial charge in [-0.25, -0.2) is 4.79 Å². The molecule has 0 aliphatic carbocycles. The maximum Gasteiger partial charge on any atom is 0.410 e. The number of cyclic esters (lactones) is 1. The maximum atomic E-state index is 14.4. The van der Waals surface area contributed by atoms with Crippen LogP contribution in [-0.2, 0) is 38.1 Å². The average Bonchev–Trinajstić information content (AvgIpc) is 3.30. The van der Waals surface area contributed by atoms with Gasteiger partial charge in [0.05, 0.1) is 23.9 Å². The van der Waals surface area contributed by atoms with Gasteiger partial charge in [0.25, 0.3) is 0 Å². The Morgan fingerprint density at radius 3 is 2.35 bits per heavy atom. The number of nitrogens with zero attached hydrogens (tertiary/aromatic N) is 4. The first-order valence-corrected chi connectivity index (χ1v) is 17.0. The van der Waals surface area contributed by atoms with E-state index in [2.05, 4.69) is 10.0 Å². The summed E-state index contributed by atoms with van der Waals surface area (Å²) in [5.41, 5.74) is 12.1. The van der Waals surface area contributed by atoms with Crippen molar-refractivity contribution in [2.45, 2.75) is 141 Å². The number of hydrogen-bond donors (Lipinski definition) is 2. The topological polar surface area (TPSA) is 213 Å². The molecule has 0 aromatic carbocycles. The van der Waals surface area contributed by atoms with Crippen LogP contribution in [0, 0.1) is 23.7 Å². The number of methoxy groups -OCH3 is 1. The van der Waals surface area contributed by atoms with E-state index in [1.165, 1.54) is 18.9 Å². The molecule has 0 bridgehead atoms. The first-order valence-electron chi connectivity index (χ1n) is 17.0. The molecule has 13 atom stereocenters. The van der Waals surface area contributed by atoms with Gasteiger partial charge in [0.15, 0.2) is 17.7 Å². The van der Waals surface area contributed by atoms with E-state index in [1.54, 1.807) is 48.5 Å². The largest absolute Gasteiger partial charge is 0.458 e. The van der Waals surface area contributed by atoms with E-state index in [9.17, 15) is 24.3 Å². The van der Waals surface area contributed by atoms with E-state index in [4.69, 9.17) is 34.9 Å². The minimum Gasteiger partial charge on any atom is -0.458 e. The van der Waals surface area contributed by atoms with E-state index in [0.717, 1.165) is 0 Å². The zero-order chi connectivity index (χ0) is 36.1. The molecule has 3 N–H and O–H groups in total. The normalized spacial score (nSPS) is 41.6. The minimum atomic E-state index is -1.42. The fraction of sp³-hybridized carbons (Fsp3) is 0.879. The number of hydrogen-bond acceptors (Lipinski definition) is 12. The molecule has 3 unspecified atom stereocenters. The quantitative estimate of drug-likeness (QED) is 0.0894. The highest BCUT2D eigenvalue weighted by atomic mass is 16.7. The number of rotatable bonds is 9. The molecule has 48 heavy (non-hydrogen) atoms. The number of unbranched alkanes of at least 4 members (excludes halogenated alkanes) is 1. The monoisotopic (exact) mass is 681 g/mol. The molecule has 1 amide bonds. The van der Waals surface area contributed by atoms with Gasteiger partial charge in [-0.05, 0) is 65.3 Å². The highest BCUT2D eigenvalue weighted by Gasteiger charge is 2.60. The number of carbonyl (C=O) groups excluding carboxylic acids is 4. The number of ketones is 2. The molecule has 3 aliphatic heterocycles. The van der Waals surface area contributed by atoms with Crippen LogP contribution in [0.1, 0.15) is 87.5 Å². The smallest absolute Gasteiger partial charge is 0.410 e. The van der Waals surface area contributed by atoms with E-state index in [1.807, 2.05) is 0 Å². The molecule has 3 saturated heterocycles. The van der Waals surface area contributed by atoms with E-state index in [-0.39, 0.29) is 37.8 Å². The Balaban J connectivity index is 2.10. The van der Waals surface area contributed by atoms with Crippen molar-refractivity contribution in [3.8, 4) is 0 Å². The highest BCUT2D eigenvalue weighted by molar-refractivity contribution is 6.00. The van der Waals surface area contributed by atoms with Crippen LogP contribution in [0.5, 0.6) is 0 Å². The van der Waals surface area contributed by atoms with Gasteiger partial charge >= 0.3 is 12.1 Å². The Morgan fingerprint density at radius 1 is 1.08 bits per heavy atom. The van der Waals surface area contributed by atoms with Crippen molar-refractivity contribution in [2.24, 2.45) is 34.5 Å². The van der Waals surface area contributed by atoms with E-state index in [0.29, 0.717) is 19.3 Å². The molecule has 3 heterocycles. The van der Waals surface area contributed by atoms with Crippen LogP contribution in [-0.4, -0.2) is 108 Å². The predicted octanol–water partition coefficient (Wildman–Crippen LogP) is 3.68. The number of amides is 1. The van der Waals surface area contributed by atoms with Gasteiger partial charge in [-0.1, -0.05) is 32.8 Å². The Hall–Kier alpha value is -2.81. The van der Waals surface area contributed by atoms with Crippen molar-refractivity contribution >= 4 is 23.6 Å². The molecule has 0 spiro atoms. The number of fused-ring (bicyclic) bond motifs is 1. The molecule has 0 saturated carbocycles. The molecule has 0 radical (unpaired) electrons. The van der Waals surface area contributed by atoms with Gasteiger partial charge in [0.2, 0.25) is 0 Å². The summed E-state index contributed by atoms with van der Waals surface area (Å²) in [5, 5.41) is 14.5. The van der Waals surface area contributed by atoms with Crippen molar-refractivity contribution in [3.05, 3.63) is 10.4 Å². The Kier molecular flexibility index (Phi) is 13.4. The van der Waals surface area contributed by atoms with Gasteiger partial charge in [-0.15, -0.1) is 0 Å². The number of nitrogens with two attached hydrogens (primary N) is 1. The van der Waals surface area contributed by atoms with Crippen molar-refractivity contribution < 1.29 is 48.0 Å². The highest BCUT2D eigenvalue weighted by Crippen LogP contribution is 2.43. The number of carbonyl (C=O) groups is 4. The summed E-state index contributed by atoms with van der Waals surface area (Å²) in [6.45, 7) is 14.0. The summed E-state index contributed by atoms with van der Waals surface area (Å²) in [7, 11) is 1.45.